The highest BCUT2D eigenvalue weighted by Crippen LogP contribution is 2.36. The second-order valence-electron chi connectivity index (χ2n) is 4.64. The summed E-state index contributed by atoms with van der Waals surface area (Å²) in [4.78, 5) is 8.50. The molecule has 0 atom stereocenters. The first-order chi connectivity index (χ1) is 9.84. The number of aromatic nitrogens is 1. The maximum atomic E-state index is 10.4. The van der Waals surface area contributed by atoms with E-state index >= 15 is 0 Å². The number of hydrogen-bond donors (Lipinski definition) is 1. The van der Waals surface area contributed by atoms with Gasteiger partial charge < -0.3 is 0 Å². The van der Waals surface area contributed by atoms with Crippen molar-refractivity contribution in [3.8, 4) is 0 Å². The number of hydrogen-bond acceptors (Lipinski definition) is 4. The van der Waals surface area contributed by atoms with Crippen LogP contribution in [0.2, 0.25) is 0 Å². The summed E-state index contributed by atoms with van der Waals surface area (Å²) in [5.41, 5.74) is 4.27. The van der Waals surface area contributed by atoms with Crippen LogP contribution in [-0.2, 0) is 0 Å². The number of pyridine rings is 1. The van der Waals surface area contributed by atoms with Crippen molar-refractivity contribution < 1.29 is 5.21 Å². The van der Waals surface area contributed by atoms with Crippen molar-refractivity contribution in [1.82, 2.24) is 4.98 Å². The molecule has 0 fully saturated rings. The Morgan fingerprint density at radius 1 is 1.00 bits per heavy atom. The quantitative estimate of drug-likeness (QED) is 0.790. The predicted octanol–water partition coefficient (Wildman–Crippen LogP) is 3.43. The van der Waals surface area contributed by atoms with E-state index in [1.165, 1.54) is 5.06 Å². The van der Waals surface area contributed by atoms with Crippen molar-refractivity contribution in [2.75, 3.05) is 5.06 Å². The molecule has 0 saturated carbocycles. The zero-order chi connectivity index (χ0) is 13.5. The van der Waals surface area contributed by atoms with Gasteiger partial charge >= 0.3 is 0 Å². The molecule has 2 aliphatic heterocycles. The highest BCUT2D eigenvalue weighted by molar-refractivity contribution is 6.18. The normalized spacial score (nSPS) is 19.1. The fourth-order valence-electron chi connectivity index (χ4n) is 2.50. The average Bonchev–Trinajstić information content (AvgIpc) is 2.92. The Morgan fingerprint density at radius 2 is 1.90 bits per heavy atom. The molecule has 2 aromatic rings. The fourth-order valence-corrected chi connectivity index (χ4v) is 2.50. The Balaban J connectivity index is 1.90. The Hall–Kier alpha value is -2.72. The van der Waals surface area contributed by atoms with Crippen LogP contribution in [0.3, 0.4) is 0 Å². The number of fused-ring (bicyclic) bond motifs is 2. The van der Waals surface area contributed by atoms with Crippen LogP contribution < -0.4 is 5.06 Å². The zero-order valence-electron chi connectivity index (χ0n) is 10.6. The van der Waals surface area contributed by atoms with E-state index in [0.717, 1.165) is 22.4 Å². The number of anilines is 1. The number of benzene rings is 1. The second-order valence-corrected chi connectivity index (χ2v) is 4.64. The number of rotatable bonds is 0. The van der Waals surface area contributed by atoms with Gasteiger partial charge in [-0.05, 0) is 24.3 Å². The van der Waals surface area contributed by atoms with Gasteiger partial charge in [-0.3, -0.25) is 5.21 Å². The zero-order valence-corrected chi connectivity index (χ0v) is 10.6. The standard InChI is InChI=1S/C16H11N3O/c20-19-14-6-2-1-4-11(14)7-8-15(19)13-10-18-16-12(13)5-3-9-17-16/h1-10,20H/b15-13+. The van der Waals surface area contributed by atoms with Crippen molar-refractivity contribution in [2.45, 2.75) is 0 Å². The summed E-state index contributed by atoms with van der Waals surface area (Å²) in [6, 6.07) is 11.5. The summed E-state index contributed by atoms with van der Waals surface area (Å²) >= 11 is 0. The van der Waals surface area contributed by atoms with E-state index in [4.69, 9.17) is 0 Å². The molecular formula is C16H11N3O. The average molecular weight is 261 g/mol. The number of nitrogens with zero attached hydrogens (tertiary/aromatic N) is 3. The molecule has 0 amide bonds. The van der Waals surface area contributed by atoms with Gasteiger partial charge in [0.25, 0.3) is 0 Å². The third kappa shape index (κ3) is 1.52. The topological polar surface area (TPSA) is 48.7 Å². The van der Waals surface area contributed by atoms with Crippen LogP contribution in [0.4, 0.5) is 11.5 Å². The maximum absolute atomic E-state index is 10.4. The van der Waals surface area contributed by atoms with Gasteiger partial charge in [-0.2, -0.15) is 0 Å². The Labute approximate surface area is 116 Å². The molecule has 96 valence electrons. The van der Waals surface area contributed by atoms with Crippen LogP contribution in [0, 0.1) is 0 Å². The molecule has 1 aromatic heterocycles. The summed E-state index contributed by atoms with van der Waals surface area (Å²) < 4.78 is 0. The van der Waals surface area contributed by atoms with E-state index in [1.807, 2.05) is 48.6 Å². The number of aliphatic imine (C=N–C) groups is 1. The molecule has 4 nitrogen and oxygen atoms in total. The van der Waals surface area contributed by atoms with Crippen LogP contribution >= 0.6 is 0 Å². The SMILES string of the molecule is ON1/C(=C2\C=Nc3ncccc32)C=Cc2ccccc21. The molecular weight excluding hydrogens is 250 g/mol. The number of allylic oxidation sites excluding steroid dienone is 2. The van der Waals surface area contributed by atoms with E-state index in [2.05, 4.69) is 9.98 Å². The van der Waals surface area contributed by atoms with E-state index in [9.17, 15) is 5.21 Å². The third-order valence-corrected chi connectivity index (χ3v) is 3.48. The van der Waals surface area contributed by atoms with Gasteiger partial charge in [-0.25, -0.2) is 15.0 Å². The second kappa shape index (κ2) is 4.15. The summed E-state index contributed by atoms with van der Waals surface area (Å²) in [5.74, 6) is 0.690. The molecule has 1 N–H and O–H groups in total. The summed E-state index contributed by atoms with van der Waals surface area (Å²) in [5, 5.41) is 11.7. The Morgan fingerprint density at radius 3 is 2.85 bits per heavy atom. The first-order valence-corrected chi connectivity index (χ1v) is 6.34. The molecule has 0 radical (unpaired) electrons. The molecule has 2 aliphatic rings. The first kappa shape index (κ1) is 11.1. The summed E-state index contributed by atoms with van der Waals surface area (Å²) in [6.07, 6.45) is 7.35. The molecule has 20 heavy (non-hydrogen) atoms. The minimum atomic E-state index is 0.690. The van der Waals surface area contributed by atoms with Gasteiger partial charge in [0.2, 0.25) is 0 Å². The van der Waals surface area contributed by atoms with Crippen LogP contribution in [0.15, 0.2) is 59.4 Å². The van der Waals surface area contributed by atoms with Crippen LogP contribution in [-0.4, -0.2) is 16.4 Å². The molecule has 0 aliphatic carbocycles. The third-order valence-electron chi connectivity index (χ3n) is 3.48. The van der Waals surface area contributed by atoms with E-state index in [1.54, 1.807) is 12.4 Å². The van der Waals surface area contributed by atoms with Crippen LogP contribution in [0.5, 0.6) is 0 Å². The van der Waals surface area contributed by atoms with E-state index < -0.39 is 0 Å². The molecule has 4 heteroatoms. The van der Waals surface area contributed by atoms with Crippen molar-refractivity contribution >= 4 is 29.4 Å². The highest BCUT2D eigenvalue weighted by atomic mass is 16.5. The lowest BCUT2D eigenvalue weighted by molar-refractivity contribution is 0.287. The summed E-state index contributed by atoms with van der Waals surface area (Å²) in [7, 11) is 0. The van der Waals surface area contributed by atoms with Crippen molar-refractivity contribution in [3.63, 3.8) is 0 Å². The minimum Gasteiger partial charge on any atom is -0.283 e. The molecule has 0 spiro atoms. The molecule has 0 bridgehead atoms. The molecule has 0 saturated heterocycles. The van der Waals surface area contributed by atoms with Crippen LogP contribution in [0.25, 0.3) is 11.6 Å². The fraction of sp³-hybridized carbons (Fsp3) is 0. The first-order valence-electron chi connectivity index (χ1n) is 6.34. The molecule has 4 rings (SSSR count). The van der Waals surface area contributed by atoms with Crippen molar-refractivity contribution in [2.24, 2.45) is 4.99 Å². The van der Waals surface area contributed by atoms with E-state index in [-0.39, 0.29) is 0 Å². The number of para-hydroxylation sites is 1. The van der Waals surface area contributed by atoms with E-state index in [0.29, 0.717) is 11.5 Å². The van der Waals surface area contributed by atoms with Gasteiger partial charge in [0.05, 0.1) is 11.4 Å². The van der Waals surface area contributed by atoms with Gasteiger partial charge in [0.15, 0.2) is 5.82 Å². The highest BCUT2D eigenvalue weighted by Gasteiger charge is 2.22. The lowest BCUT2D eigenvalue weighted by Crippen LogP contribution is -2.20. The molecule has 0 unspecified atom stereocenters. The van der Waals surface area contributed by atoms with Gasteiger partial charge in [-0.15, -0.1) is 0 Å². The monoisotopic (exact) mass is 261 g/mol. The Kier molecular flexibility index (Phi) is 2.31. The van der Waals surface area contributed by atoms with Gasteiger partial charge in [-0.1, -0.05) is 24.3 Å². The lowest BCUT2D eigenvalue weighted by atomic mass is 10.0. The van der Waals surface area contributed by atoms with Crippen molar-refractivity contribution in [1.29, 1.82) is 0 Å². The minimum absolute atomic E-state index is 0.690. The maximum Gasteiger partial charge on any atom is 0.159 e. The predicted molar refractivity (Wildman–Crippen MR) is 79.1 cm³/mol. The molecule has 1 aromatic carbocycles. The van der Waals surface area contributed by atoms with Gasteiger partial charge in [0.1, 0.15) is 0 Å². The number of hydroxylamine groups is 1. The smallest absolute Gasteiger partial charge is 0.159 e. The lowest BCUT2D eigenvalue weighted by Gasteiger charge is -2.25. The van der Waals surface area contributed by atoms with Crippen molar-refractivity contribution in [3.05, 3.63) is 65.5 Å². The molecule has 3 heterocycles. The van der Waals surface area contributed by atoms with Crippen LogP contribution in [0.1, 0.15) is 11.1 Å². The van der Waals surface area contributed by atoms with Gasteiger partial charge in [0, 0.05) is 29.1 Å². The Bertz CT molecular complexity index is 790. The summed E-state index contributed by atoms with van der Waals surface area (Å²) in [6.45, 7) is 0. The largest absolute Gasteiger partial charge is 0.283 e.